The van der Waals surface area contributed by atoms with Gasteiger partial charge in [-0.3, -0.25) is 9.59 Å². The second kappa shape index (κ2) is 7.41. The van der Waals surface area contributed by atoms with Crippen molar-refractivity contribution in [1.82, 2.24) is 0 Å². The first-order chi connectivity index (χ1) is 16.1. The molecule has 0 unspecified atom stereocenters. The molecule has 33 heavy (non-hydrogen) atoms. The third-order valence-corrected chi connectivity index (χ3v) is 7.25. The number of imide groups is 1. The maximum Gasteiger partial charge on any atom is 0.338 e. The largest absolute Gasteiger partial charge is 0.462 e. The van der Waals surface area contributed by atoms with Gasteiger partial charge in [-0.15, -0.1) is 0 Å². The quantitative estimate of drug-likeness (QED) is 0.440. The highest BCUT2D eigenvalue weighted by Crippen LogP contribution is 2.61. The van der Waals surface area contributed by atoms with E-state index in [9.17, 15) is 14.4 Å². The van der Waals surface area contributed by atoms with Crippen LogP contribution in [0.5, 0.6) is 0 Å². The summed E-state index contributed by atoms with van der Waals surface area (Å²) in [6, 6.07) is 23.0. The van der Waals surface area contributed by atoms with Gasteiger partial charge in [-0.05, 0) is 52.9 Å². The number of carbonyl (C=O) groups is 3. The van der Waals surface area contributed by atoms with Gasteiger partial charge in [-0.2, -0.15) is 0 Å². The number of hydrogen-bond donors (Lipinski definition) is 0. The third kappa shape index (κ3) is 2.75. The van der Waals surface area contributed by atoms with E-state index in [1.165, 1.54) is 4.90 Å². The number of esters is 1. The molecule has 0 N–H and O–H groups in total. The number of anilines is 1. The van der Waals surface area contributed by atoms with E-state index in [0.717, 1.165) is 28.7 Å². The maximum absolute atomic E-state index is 13.7. The lowest BCUT2D eigenvalue weighted by atomic mass is 9.55. The maximum atomic E-state index is 13.7. The van der Waals surface area contributed by atoms with Gasteiger partial charge in [-0.1, -0.05) is 55.5 Å². The molecule has 7 rings (SSSR count). The molecule has 3 aromatic carbocycles. The van der Waals surface area contributed by atoms with Crippen molar-refractivity contribution in [3.05, 3.63) is 101 Å². The lowest BCUT2D eigenvalue weighted by Gasteiger charge is -2.45. The van der Waals surface area contributed by atoms with Crippen LogP contribution in [0.25, 0.3) is 0 Å². The van der Waals surface area contributed by atoms with E-state index in [0.29, 0.717) is 17.9 Å². The van der Waals surface area contributed by atoms with E-state index in [1.54, 1.807) is 24.3 Å². The molecular formula is C28H23NO4. The van der Waals surface area contributed by atoms with Crippen LogP contribution in [0.15, 0.2) is 72.8 Å². The lowest BCUT2D eigenvalue weighted by molar-refractivity contribution is -0.122. The van der Waals surface area contributed by atoms with E-state index in [2.05, 4.69) is 24.3 Å². The smallest absolute Gasteiger partial charge is 0.338 e. The predicted octanol–water partition coefficient (Wildman–Crippen LogP) is 4.65. The summed E-state index contributed by atoms with van der Waals surface area (Å²) in [6.07, 6.45) is 0.747. The summed E-state index contributed by atoms with van der Waals surface area (Å²) in [6.45, 7) is 2.29. The molecule has 3 aromatic rings. The molecule has 3 aliphatic carbocycles. The Morgan fingerprint density at radius 3 is 1.64 bits per heavy atom. The van der Waals surface area contributed by atoms with Crippen molar-refractivity contribution in [2.75, 3.05) is 11.5 Å². The highest BCUT2D eigenvalue weighted by Gasteiger charge is 2.61. The molecule has 0 aromatic heterocycles. The summed E-state index contributed by atoms with van der Waals surface area (Å²) in [5, 5.41) is 0. The molecule has 5 heteroatoms. The standard InChI is InChI=1S/C28H23NO4/c1-2-15-33-28(32)16-11-13-17(14-12-16)29-26(30)24-22-18-7-3-4-8-19(18)23(25(24)27(29)31)21-10-6-5-9-20(21)22/h3-14,22-25H,2,15H2,1H3/t22?,23?,24-,25-/m0/s1. The molecule has 1 fully saturated rings. The Kier molecular flexibility index (Phi) is 4.47. The number of nitrogens with zero attached hydrogens (tertiary/aromatic N) is 1. The second-order valence-corrected chi connectivity index (χ2v) is 8.96. The van der Waals surface area contributed by atoms with Crippen LogP contribution < -0.4 is 4.90 Å². The van der Waals surface area contributed by atoms with Gasteiger partial charge < -0.3 is 4.74 Å². The summed E-state index contributed by atoms with van der Waals surface area (Å²) < 4.78 is 5.18. The van der Waals surface area contributed by atoms with Gasteiger partial charge in [0, 0.05) is 11.8 Å². The molecule has 2 amide bonds. The average molecular weight is 437 g/mol. The topological polar surface area (TPSA) is 63.7 Å². The fourth-order valence-corrected chi connectivity index (χ4v) is 5.96. The van der Waals surface area contributed by atoms with Crippen LogP contribution >= 0.6 is 0 Å². The molecule has 5 nitrogen and oxygen atoms in total. The van der Waals surface area contributed by atoms with Gasteiger partial charge in [0.05, 0.1) is 29.7 Å². The van der Waals surface area contributed by atoms with Gasteiger partial charge >= 0.3 is 5.97 Å². The molecule has 1 heterocycles. The Labute approximate surface area is 192 Å². The van der Waals surface area contributed by atoms with Crippen molar-refractivity contribution in [1.29, 1.82) is 0 Å². The predicted molar refractivity (Wildman–Crippen MR) is 123 cm³/mol. The number of benzene rings is 3. The highest BCUT2D eigenvalue weighted by molar-refractivity contribution is 6.23. The number of hydrogen-bond acceptors (Lipinski definition) is 4. The van der Waals surface area contributed by atoms with Gasteiger partial charge in [0.25, 0.3) is 0 Å². The van der Waals surface area contributed by atoms with Crippen molar-refractivity contribution in [3.8, 4) is 0 Å². The lowest BCUT2D eigenvalue weighted by Crippen LogP contribution is -2.41. The average Bonchev–Trinajstić information content (AvgIpc) is 3.13. The number of rotatable bonds is 4. The molecule has 2 bridgehead atoms. The van der Waals surface area contributed by atoms with Crippen LogP contribution in [0.4, 0.5) is 5.69 Å². The summed E-state index contributed by atoms with van der Waals surface area (Å²) in [7, 11) is 0. The fraction of sp³-hybridized carbons (Fsp3) is 0.250. The first-order valence-electron chi connectivity index (χ1n) is 11.4. The third-order valence-electron chi connectivity index (χ3n) is 7.25. The molecular weight excluding hydrogens is 414 g/mol. The van der Waals surface area contributed by atoms with Gasteiger partial charge in [0.1, 0.15) is 0 Å². The Balaban J connectivity index is 1.40. The molecule has 1 saturated heterocycles. The number of ether oxygens (including phenoxy) is 1. The van der Waals surface area contributed by atoms with Crippen LogP contribution in [0.2, 0.25) is 0 Å². The van der Waals surface area contributed by atoms with Crippen LogP contribution in [0.1, 0.15) is 57.8 Å². The Bertz CT molecular complexity index is 1180. The highest BCUT2D eigenvalue weighted by atomic mass is 16.5. The first-order valence-corrected chi connectivity index (χ1v) is 11.4. The van der Waals surface area contributed by atoms with Crippen molar-refractivity contribution in [2.45, 2.75) is 25.2 Å². The van der Waals surface area contributed by atoms with Crippen LogP contribution in [0, 0.1) is 11.8 Å². The number of carbonyl (C=O) groups excluding carboxylic acids is 3. The minimum absolute atomic E-state index is 0.128. The summed E-state index contributed by atoms with van der Waals surface area (Å²) in [4.78, 5) is 40.9. The normalized spacial score (nSPS) is 24.3. The van der Waals surface area contributed by atoms with E-state index < -0.39 is 17.8 Å². The van der Waals surface area contributed by atoms with Gasteiger partial charge in [0.2, 0.25) is 11.8 Å². The Morgan fingerprint density at radius 2 is 1.21 bits per heavy atom. The molecule has 1 aliphatic heterocycles. The van der Waals surface area contributed by atoms with Gasteiger partial charge in [0.15, 0.2) is 0 Å². The van der Waals surface area contributed by atoms with E-state index in [1.807, 2.05) is 31.2 Å². The van der Waals surface area contributed by atoms with E-state index in [4.69, 9.17) is 4.74 Å². The summed E-state index contributed by atoms with van der Waals surface area (Å²) in [5.41, 5.74) is 5.51. The fourth-order valence-electron chi connectivity index (χ4n) is 5.96. The monoisotopic (exact) mass is 437 g/mol. The zero-order chi connectivity index (χ0) is 22.7. The van der Waals surface area contributed by atoms with Crippen molar-refractivity contribution >= 4 is 23.5 Å². The Morgan fingerprint density at radius 1 is 0.758 bits per heavy atom. The molecule has 0 spiro atoms. The minimum Gasteiger partial charge on any atom is -0.462 e. The molecule has 0 saturated carbocycles. The zero-order valence-corrected chi connectivity index (χ0v) is 18.2. The minimum atomic E-state index is -0.415. The van der Waals surface area contributed by atoms with Crippen molar-refractivity contribution in [2.24, 2.45) is 11.8 Å². The molecule has 0 radical (unpaired) electrons. The van der Waals surface area contributed by atoms with E-state index >= 15 is 0 Å². The second-order valence-electron chi connectivity index (χ2n) is 8.96. The molecule has 4 aliphatic rings. The van der Waals surface area contributed by atoms with Crippen molar-refractivity contribution in [3.63, 3.8) is 0 Å². The molecule has 164 valence electrons. The van der Waals surface area contributed by atoms with Crippen LogP contribution in [0.3, 0.4) is 0 Å². The molecule has 2 atom stereocenters. The summed E-state index contributed by atoms with van der Waals surface area (Å²) in [5.74, 6) is -1.81. The van der Waals surface area contributed by atoms with Crippen LogP contribution in [-0.2, 0) is 14.3 Å². The SMILES string of the molecule is CCCOC(=O)c1ccc(N2C(=O)[C@H]3C4c5ccccc5C(c5ccccc54)[C@@H]3C2=O)cc1. The first kappa shape index (κ1) is 19.9. The van der Waals surface area contributed by atoms with E-state index in [-0.39, 0.29) is 23.7 Å². The number of amides is 2. The van der Waals surface area contributed by atoms with Crippen LogP contribution in [-0.4, -0.2) is 24.4 Å². The van der Waals surface area contributed by atoms with Crippen molar-refractivity contribution < 1.29 is 19.1 Å². The summed E-state index contributed by atoms with van der Waals surface area (Å²) >= 11 is 0. The zero-order valence-electron chi connectivity index (χ0n) is 18.2. The Hall–Kier alpha value is -3.73. The van der Waals surface area contributed by atoms with Gasteiger partial charge in [-0.25, -0.2) is 9.69 Å².